The Kier molecular flexibility index (Phi) is 5.00. The maximum absolute atomic E-state index is 11.6. The van der Waals surface area contributed by atoms with Crippen LogP contribution in [0.1, 0.15) is 21.9 Å². The normalized spacial score (nSPS) is 10.2. The number of amides is 1. The highest BCUT2D eigenvalue weighted by Crippen LogP contribution is 2.14. The first-order valence-electron chi connectivity index (χ1n) is 6.30. The first-order valence-corrected chi connectivity index (χ1v) is 6.67. The van der Waals surface area contributed by atoms with Crippen molar-refractivity contribution in [3.05, 3.63) is 58.5 Å². The monoisotopic (exact) mass is 307 g/mol. The molecule has 0 aliphatic carbocycles. The Bertz CT molecular complexity index is 651. The Morgan fingerprint density at radius 3 is 2.67 bits per heavy atom. The van der Waals surface area contributed by atoms with E-state index in [1.165, 1.54) is 6.07 Å². The van der Waals surface area contributed by atoms with E-state index < -0.39 is 11.9 Å². The van der Waals surface area contributed by atoms with E-state index in [0.29, 0.717) is 10.8 Å². The minimum absolute atomic E-state index is 0.0754. The van der Waals surface area contributed by atoms with Crippen molar-refractivity contribution in [3.63, 3.8) is 0 Å². The summed E-state index contributed by atoms with van der Waals surface area (Å²) in [7, 11) is 0. The Labute approximate surface area is 126 Å². The van der Waals surface area contributed by atoms with Crippen molar-refractivity contribution in [2.24, 2.45) is 0 Å². The van der Waals surface area contributed by atoms with Gasteiger partial charge in [-0.05, 0) is 30.7 Å². The molecule has 0 saturated carbocycles. The van der Waals surface area contributed by atoms with E-state index >= 15 is 0 Å². The summed E-state index contributed by atoms with van der Waals surface area (Å²) in [5.74, 6) is -0.404. The number of furan rings is 1. The van der Waals surface area contributed by atoms with Crippen LogP contribution in [0.4, 0.5) is 0 Å². The molecule has 0 fully saturated rings. The van der Waals surface area contributed by atoms with Gasteiger partial charge in [-0.2, -0.15) is 0 Å². The molecule has 1 aromatic carbocycles. The van der Waals surface area contributed by atoms with E-state index in [2.05, 4.69) is 5.32 Å². The van der Waals surface area contributed by atoms with Crippen LogP contribution in [0.25, 0.3) is 0 Å². The largest absolute Gasteiger partial charge is 0.454 e. The van der Waals surface area contributed by atoms with Crippen molar-refractivity contribution in [1.82, 2.24) is 5.32 Å². The number of aryl methyl sites for hydroxylation is 1. The molecule has 0 radical (unpaired) electrons. The Hall–Kier alpha value is -2.27. The van der Waals surface area contributed by atoms with Gasteiger partial charge in [0.25, 0.3) is 5.91 Å². The number of esters is 1. The van der Waals surface area contributed by atoms with Crippen LogP contribution in [0.2, 0.25) is 5.02 Å². The summed E-state index contributed by atoms with van der Waals surface area (Å²) in [6, 6.07) is 10.3. The fraction of sp³-hybridized carbons (Fsp3) is 0.200. The highest BCUT2D eigenvalue weighted by atomic mass is 35.5. The first-order chi connectivity index (χ1) is 10.1. The molecule has 5 nitrogen and oxygen atoms in total. The van der Waals surface area contributed by atoms with E-state index in [0.717, 1.165) is 5.56 Å². The SMILES string of the molecule is Cc1ccc(C(=O)OCC(=O)NCc2ccccc2Cl)o1. The maximum Gasteiger partial charge on any atom is 0.374 e. The lowest BCUT2D eigenvalue weighted by molar-refractivity contribution is -0.124. The zero-order valence-corrected chi connectivity index (χ0v) is 12.1. The van der Waals surface area contributed by atoms with Crippen molar-refractivity contribution in [1.29, 1.82) is 0 Å². The number of ether oxygens (including phenoxy) is 1. The lowest BCUT2D eigenvalue weighted by Gasteiger charge is -2.07. The van der Waals surface area contributed by atoms with Crippen molar-refractivity contribution >= 4 is 23.5 Å². The van der Waals surface area contributed by atoms with E-state index in [-0.39, 0.29) is 18.9 Å². The highest BCUT2D eigenvalue weighted by molar-refractivity contribution is 6.31. The van der Waals surface area contributed by atoms with Gasteiger partial charge in [-0.15, -0.1) is 0 Å². The molecule has 1 amide bonds. The molecule has 1 N–H and O–H groups in total. The van der Waals surface area contributed by atoms with Crippen molar-refractivity contribution in [3.8, 4) is 0 Å². The molecule has 0 bridgehead atoms. The molecule has 0 spiro atoms. The molecule has 0 aliphatic heterocycles. The molecule has 21 heavy (non-hydrogen) atoms. The number of rotatable bonds is 5. The van der Waals surface area contributed by atoms with E-state index in [4.69, 9.17) is 20.8 Å². The molecule has 2 aromatic rings. The van der Waals surface area contributed by atoms with Crippen molar-refractivity contribution in [2.75, 3.05) is 6.61 Å². The second kappa shape index (κ2) is 6.95. The summed E-state index contributed by atoms with van der Waals surface area (Å²) in [4.78, 5) is 23.2. The average molecular weight is 308 g/mol. The van der Waals surface area contributed by atoms with Crippen LogP contribution in [0.3, 0.4) is 0 Å². The Morgan fingerprint density at radius 1 is 1.24 bits per heavy atom. The topological polar surface area (TPSA) is 68.5 Å². The van der Waals surface area contributed by atoms with Gasteiger partial charge in [0.05, 0.1) is 0 Å². The third-order valence-corrected chi connectivity index (χ3v) is 3.08. The molecular weight excluding hydrogens is 294 g/mol. The van der Waals surface area contributed by atoms with Crippen LogP contribution in [0.5, 0.6) is 0 Å². The maximum atomic E-state index is 11.6. The molecule has 110 valence electrons. The van der Waals surface area contributed by atoms with Gasteiger partial charge < -0.3 is 14.5 Å². The smallest absolute Gasteiger partial charge is 0.374 e. The molecule has 0 saturated heterocycles. The van der Waals surface area contributed by atoms with E-state index in [1.807, 2.05) is 6.07 Å². The van der Waals surface area contributed by atoms with E-state index in [1.54, 1.807) is 31.2 Å². The molecule has 2 rings (SSSR count). The van der Waals surface area contributed by atoms with Gasteiger partial charge in [-0.25, -0.2) is 4.79 Å². The quantitative estimate of drug-likeness (QED) is 0.862. The molecule has 1 heterocycles. The minimum atomic E-state index is -0.670. The number of hydrogen-bond donors (Lipinski definition) is 1. The first kappa shape index (κ1) is 15.1. The number of carbonyl (C=O) groups is 2. The Balaban J connectivity index is 1.78. The van der Waals surface area contributed by atoms with Gasteiger partial charge in [0.15, 0.2) is 6.61 Å². The van der Waals surface area contributed by atoms with Crippen LogP contribution in [-0.4, -0.2) is 18.5 Å². The molecular formula is C15H14ClNO4. The third kappa shape index (κ3) is 4.36. The van der Waals surface area contributed by atoms with Crippen molar-refractivity contribution < 1.29 is 18.7 Å². The standard InChI is InChI=1S/C15H14ClNO4/c1-10-6-7-13(21-10)15(19)20-9-14(18)17-8-11-4-2-3-5-12(11)16/h2-7H,8-9H2,1H3,(H,17,18). The van der Waals surface area contributed by atoms with Gasteiger partial charge in [-0.1, -0.05) is 29.8 Å². The van der Waals surface area contributed by atoms with Crippen LogP contribution < -0.4 is 5.32 Å². The fourth-order valence-corrected chi connectivity index (χ4v) is 1.84. The van der Waals surface area contributed by atoms with Crippen LogP contribution in [0, 0.1) is 6.92 Å². The highest BCUT2D eigenvalue weighted by Gasteiger charge is 2.13. The van der Waals surface area contributed by atoms with Crippen molar-refractivity contribution in [2.45, 2.75) is 13.5 Å². The van der Waals surface area contributed by atoms with Gasteiger partial charge in [0.2, 0.25) is 5.76 Å². The number of hydrogen-bond acceptors (Lipinski definition) is 4. The zero-order valence-electron chi connectivity index (χ0n) is 11.4. The predicted octanol–water partition coefficient (Wildman–Crippen LogP) is 2.71. The Morgan fingerprint density at radius 2 is 2.00 bits per heavy atom. The zero-order chi connectivity index (χ0) is 15.2. The number of carbonyl (C=O) groups excluding carboxylic acids is 2. The second-order valence-electron chi connectivity index (χ2n) is 4.35. The summed E-state index contributed by atoms with van der Waals surface area (Å²) in [5.41, 5.74) is 0.792. The fourth-order valence-electron chi connectivity index (χ4n) is 1.63. The van der Waals surface area contributed by atoms with Gasteiger partial charge >= 0.3 is 5.97 Å². The number of halogens is 1. The van der Waals surface area contributed by atoms with Crippen LogP contribution >= 0.6 is 11.6 Å². The summed E-state index contributed by atoms with van der Waals surface area (Å²) in [6.45, 7) is 1.62. The molecule has 1 aromatic heterocycles. The van der Waals surface area contributed by atoms with Gasteiger partial charge in [-0.3, -0.25) is 4.79 Å². The summed E-state index contributed by atoms with van der Waals surface area (Å²) >= 11 is 5.97. The second-order valence-corrected chi connectivity index (χ2v) is 4.76. The van der Waals surface area contributed by atoms with Crippen LogP contribution in [0.15, 0.2) is 40.8 Å². The lowest BCUT2D eigenvalue weighted by atomic mass is 10.2. The van der Waals surface area contributed by atoms with E-state index in [9.17, 15) is 9.59 Å². The predicted molar refractivity (Wildman–Crippen MR) is 77.0 cm³/mol. The van der Waals surface area contributed by atoms with Gasteiger partial charge in [0.1, 0.15) is 5.76 Å². The molecule has 0 unspecified atom stereocenters. The average Bonchev–Trinajstić information content (AvgIpc) is 2.90. The number of nitrogens with one attached hydrogen (secondary N) is 1. The molecule has 0 atom stereocenters. The minimum Gasteiger partial charge on any atom is -0.454 e. The molecule has 6 heteroatoms. The summed E-state index contributed by atoms with van der Waals surface area (Å²) in [6.07, 6.45) is 0. The molecule has 0 aliphatic rings. The third-order valence-electron chi connectivity index (χ3n) is 2.71. The van der Waals surface area contributed by atoms with Gasteiger partial charge in [0, 0.05) is 11.6 Å². The number of benzene rings is 1. The van der Waals surface area contributed by atoms with Crippen LogP contribution in [-0.2, 0) is 16.1 Å². The summed E-state index contributed by atoms with van der Waals surface area (Å²) in [5, 5.41) is 3.19. The lowest BCUT2D eigenvalue weighted by Crippen LogP contribution is -2.28. The summed E-state index contributed by atoms with van der Waals surface area (Å²) < 4.78 is 9.94.